The van der Waals surface area contributed by atoms with Crippen LogP contribution in [0.25, 0.3) is 0 Å². The summed E-state index contributed by atoms with van der Waals surface area (Å²) in [6.07, 6.45) is -0.889. The molecule has 0 aliphatic carbocycles. The summed E-state index contributed by atoms with van der Waals surface area (Å²) in [7, 11) is 1.47. The zero-order chi connectivity index (χ0) is 10.7. The quantitative estimate of drug-likeness (QED) is 0.767. The Balaban J connectivity index is 3.19. The lowest BCUT2D eigenvalue weighted by molar-refractivity contribution is 0.181. The van der Waals surface area contributed by atoms with E-state index in [0.717, 1.165) is 0 Å². The number of hydrogen-bond acceptors (Lipinski definition) is 3. The molecule has 3 N–H and O–H groups in total. The largest absolute Gasteiger partial charge is 0.496 e. The summed E-state index contributed by atoms with van der Waals surface area (Å²) >= 11 is 0. The molecule has 0 saturated heterocycles. The highest BCUT2D eigenvalue weighted by Crippen LogP contribution is 2.27. The van der Waals surface area contributed by atoms with Crippen molar-refractivity contribution in [3.8, 4) is 5.75 Å². The number of benzene rings is 1. The summed E-state index contributed by atoms with van der Waals surface area (Å²) in [5.74, 6) is 0.0927. The Bertz CT molecular complexity index is 328. The van der Waals surface area contributed by atoms with Gasteiger partial charge in [0.15, 0.2) is 0 Å². The molecule has 1 unspecified atom stereocenters. The third-order valence-corrected chi connectivity index (χ3v) is 2.09. The molecule has 0 radical (unpaired) electrons. The molecule has 0 fully saturated rings. The minimum absolute atomic E-state index is 0.0405. The van der Waals surface area contributed by atoms with Gasteiger partial charge in [0.25, 0.3) is 0 Å². The van der Waals surface area contributed by atoms with E-state index in [1.807, 2.05) is 0 Å². The van der Waals surface area contributed by atoms with Crippen LogP contribution in [-0.4, -0.2) is 18.8 Å². The van der Waals surface area contributed by atoms with Gasteiger partial charge in [0, 0.05) is 12.1 Å². The first-order valence-electron chi connectivity index (χ1n) is 4.32. The van der Waals surface area contributed by atoms with Gasteiger partial charge >= 0.3 is 0 Å². The summed E-state index contributed by atoms with van der Waals surface area (Å²) in [4.78, 5) is 0. The van der Waals surface area contributed by atoms with Gasteiger partial charge in [0.05, 0.1) is 13.2 Å². The number of methoxy groups -OCH3 is 1. The van der Waals surface area contributed by atoms with Gasteiger partial charge in [-0.15, -0.1) is 0 Å². The van der Waals surface area contributed by atoms with Crippen molar-refractivity contribution in [3.63, 3.8) is 0 Å². The van der Waals surface area contributed by atoms with Crippen LogP contribution in [-0.2, 0) is 0 Å². The maximum absolute atomic E-state index is 13.2. The molecule has 0 aliphatic heterocycles. The lowest BCUT2D eigenvalue weighted by atomic mass is 10.1. The zero-order valence-corrected chi connectivity index (χ0v) is 8.25. The molecular formula is C10H14FNO2. The molecule has 1 atom stereocenters. The van der Waals surface area contributed by atoms with Gasteiger partial charge in [-0.1, -0.05) is 0 Å². The molecule has 0 amide bonds. The van der Waals surface area contributed by atoms with Crippen molar-refractivity contribution in [2.45, 2.75) is 13.0 Å². The van der Waals surface area contributed by atoms with Crippen LogP contribution in [0.3, 0.4) is 0 Å². The van der Waals surface area contributed by atoms with E-state index in [0.29, 0.717) is 16.9 Å². The highest BCUT2D eigenvalue weighted by molar-refractivity contribution is 5.39. The van der Waals surface area contributed by atoms with Crippen LogP contribution in [0, 0.1) is 12.7 Å². The Hall–Kier alpha value is -1.13. The molecule has 0 heterocycles. The van der Waals surface area contributed by atoms with Crippen molar-refractivity contribution < 1.29 is 14.2 Å². The van der Waals surface area contributed by atoms with Crippen LogP contribution in [0.4, 0.5) is 4.39 Å². The van der Waals surface area contributed by atoms with Gasteiger partial charge in [0.1, 0.15) is 11.6 Å². The molecule has 0 spiro atoms. The molecule has 1 aromatic carbocycles. The molecule has 0 bridgehead atoms. The van der Waals surface area contributed by atoms with Gasteiger partial charge in [0.2, 0.25) is 0 Å². The third-order valence-electron chi connectivity index (χ3n) is 2.09. The van der Waals surface area contributed by atoms with Gasteiger partial charge in [-0.05, 0) is 24.6 Å². The van der Waals surface area contributed by atoms with E-state index in [1.165, 1.54) is 13.2 Å². The molecule has 0 aliphatic rings. The monoisotopic (exact) mass is 199 g/mol. The average Bonchev–Trinajstić information content (AvgIpc) is 2.20. The summed E-state index contributed by atoms with van der Waals surface area (Å²) in [5.41, 5.74) is 6.16. The first-order valence-corrected chi connectivity index (χ1v) is 4.32. The fourth-order valence-corrected chi connectivity index (χ4v) is 1.23. The van der Waals surface area contributed by atoms with Gasteiger partial charge in [-0.3, -0.25) is 0 Å². The smallest absolute Gasteiger partial charge is 0.126 e. The predicted octanol–water partition coefficient (Wildman–Crippen LogP) is 1.13. The van der Waals surface area contributed by atoms with E-state index >= 15 is 0 Å². The van der Waals surface area contributed by atoms with Crippen molar-refractivity contribution in [1.29, 1.82) is 0 Å². The van der Waals surface area contributed by atoms with Crippen molar-refractivity contribution >= 4 is 0 Å². The van der Waals surface area contributed by atoms with Gasteiger partial charge < -0.3 is 15.6 Å². The number of nitrogens with two attached hydrogens (primary N) is 1. The molecule has 0 saturated carbocycles. The minimum Gasteiger partial charge on any atom is -0.496 e. The molecule has 78 valence electrons. The topological polar surface area (TPSA) is 55.5 Å². The standard InChI is InChI=1S/C10H14FNO2/c1-6-3-10(14-2)7(4-8(6)11)9(13)5-12/h3-4,9,13H,5,12H2,1-2H3. The predicted molar refractivity (Wildman–Crippen MR) is 51.7 cm³/mol. The van der Waals surface area contributed by atoms with E-state index in [-0.39, 0.29) is 12.4 Å². The van der Waals surface area contributed by atoms with Crippen LogP contribution in [0.2, 0.25) is 0 Å². The Labute approximate surface area is 82.3 Å². The maximum Gasteiger partial charge on any atom is 0.126 e. The summed E-state index contributed by atoms with van der Waals surface area (Å²) in [6.45, 7) is 1.68. The Morgan fingerprint density at radius 3 is 2.71 bits per heavy atom. The van der Waals surface area contributed by atoms with Crippen LogP contribution < -0.4 is 10.5 Å². The minimum atomic E-state index is -0.889. The molecule has 14 heavy (non-hydrogen) atoms. The molecular weight excluding hydrogens is 185 g/mol. The number of hydrogen-bond donors (Lipinski definition) is 2. The number of aryl methyl sites for hydroxylation is 1. The highest BCUT2D eigenvalue weighted by Gasteiger charge is 2.14. The average molecular weight is 199 g/mol. The van der Waals surface area contributed by atoms with Gasteiger partial charge in [-0.2, -0.15) is 0 Å². The van der Waals surface area contributed by atoms with Crippen LogP contribution in [0.5, 0.6) is 5.75 Å². The molecule has 1 rings (SSSR count). The van der Waals surface area contributed by atoms with E-state index < -0.39 is 6.10 Å². The summed E-state index contributed by atoms with van der Waals surface area (Å²) < 4.78 is 18.2. The number of aliphatic hydroxyl groups excluding tert-OH is 1. The number of ether oxygens (including phenoxy) is 1. The maximum atomic E-state index is 13.2. The first-order chi connectivity index (χ1) is 6.60. The normalized spacial score (nSPS) is 12.6. The Morgan fingerprint density at radius 1 is 1.57 bits per heavy atom. The third kappa shape index (κ3) is 2.02. The Kier molecular flexibility index (Phi) is 3.43. The lowest BCUT2D eigenvalue weighted by Crippen LogP contribution is -2.13. The number of halogens is 1. The lowest BCUT2D eigenvalue weighted by Gasteiger charge is -2.14. The van der Waals surface area contributed by atoms with Crippen molar-refractivity contribution in [2.75, 3.05) is 13.7 Å². The van der Waals surface area contributed by atoms with Crippen molar-refractivity contribution in [1.82, 2.24) is 0 Å². The van der Waals surface area contributed by atoms with E-state index in [9.17, 15) is 9.50 Å². The number of rotatable bonds is 3. The second-order valence-electron chi connectivity index (χ2n) is 3.09. The molecule has 4 heteroatoms. The van der Waals surface area contributed by atoms with E-state index in [2.05, 4.69) is 0 Å². The molecule has 1 aromatic rings. The van der Waals surface area contributed by atoms with Crippen LogP contribution in [0.1, 0.15) is 17.2 Å². The molecule has 3 nitrogen and oxygen atoms in total. The zero-order valence-electron chi connectivity index (χ0n) is 8.25. The second kappa shape index (κ2) is 4.39. The van der Waals surface area contributed by atoms with E-state index in [4.69, 9.17) is 10.5 Å². The van der Waals surface area contributed by atoms with Crippen LogP contribution in [0.15, 0.2) is 12.1 Å². The molecule has 0 aromatic heterocycles. The number of aliphatic hydroxyl groups is 1. The van der Waals surface area contributed by atoms with E-state index in [1.54, 1.807) is 13.0 Å². The fourth-order valence-electron chi connectivity index (χ4n) is 1.23. The van der Waals surface area contributed by atoms with Gasteiger partial charge in [-0.25, -0.2) is 4.39 Å². The highest BCUT2D eigenvalue weighted by atomic mass is 19.1. The SMILES string of the molecule is COc1cc(C)c(F)cc1C(O)CN. The van der Waals surface area contributed by atoms with Crippen molar-refractivity contribution in [3.05, 3.63) is 29.1 Å². The summed E-state index contributed by atoms with van der Waals surface area (Å²) in [6, 6.07) is 2.80. The summed E-state index contributed by atoms with van der Waals surface area (Å²) in [5, 5.41) is 9.48. The Morgan fingerprint density at radius 2 is 2.21 bits per heavy atom. The van der Waals surface area contributed by atoms with Crippen molar-refractivity contribution in [2.24, 2.45) is 5.73 Å². The van der Waals surface area contributed by atoms with Crippen LogP contribution >= 0.6 is 0 Å². The first kappa shape index (κ1) is 10.9. The second-order valence-corrected chi connectivity index (χ2v) is 3.09. The fraction of sp³-hybridized carbons (Fsp3) is 0.400.